The van der Waals surface area contributed by atoms with Crippen molar-refractivity contribution < 1.29 is 19.1 Å². The Morgan fingerprint density at radius 1 is 1.04 bits per heavy atom. The Kier molecular flexibility index (Phi) is 4.14. The summed E-state index contributed by atoms with van der Waals surface area (Å²) < 4.78 is 10.5. The third-order valence-corrected chi connectivity index (χ3v) is 3.46. The summed E-state index contributed by atoms with van der Waals surface area (Å²) in [6.45, 7) is 0.200. The lowest BCUT2D eigenvalue weighted by Crippen LogP contribution is -2.18. The van der Waals surface area contributed by atoms with Crippen LogP contribution < -0.4 is 20.5 Å². The van der Waals surface area contributed by atoms with Gasteiger partial charge in [-0.15, -0.1) is 0 Å². The summed E-state index contributed by atoms with van der Waals surface area (Å²) in [6, 6.07) is 12.5. The van der Waals surface area contributed by atoms with Crippen LogP contribution in [-0.2, 0) is 22.4 Å². The van der Waals surface area contributed by atoms with Crippen LogP contribution in [0.15, 0.2) is 42.5 Å². The fourth-order valence-corrected chi connectivity index (χ4v) is 2.41. The quantitative estimate of drug-likeness (QED) is 0.878. The zero-order chi connectivity index (χ0) is 16.2. The number of hydrogen-bond donors (Lipinski definition) is 2. The number of nitrogens with one attached hydrogen (secondary N) is 1. The number of benzene rings is 2. The molecule has 2 aromatic carbocycles. The molecule has 0 saturated carbocycles. The summed E-state index contributed by atoms with van der Waals surface area (Å²) in [5.41, 5.74) is 7.33. The molecule has 2 amide bonds. The van der Waals surface area contributed by atoms with E-state index in [4.69, 9.17) is 15.2 Å². The molecule has 0 aromatic heterocycles. The molecule has 0 bridgehead atoms. The zero-order valence-electron chi connectivity index (χ0n) is 12.4. The van der Waals surface area contributed by atoms with Crippen LogP contribution in [0.5, 0.6) is 11.5 Å². The summed E-state index contributed by atoms with van der Waals surface area (Å²) in [6.07, 6.45) is 0.280. The smallest absolute Gasteiger partial charge is 0.231 e. The third kappa shape index (κ3) is 3.60. The van der Waals surface area contributed by atoms with Crippen molar-refractivity contribution in [2.24, 2.45) is 5.73 Å². The number of para-hydroxylation sites is 1. The highest BCUT2D eigenvalue weighted by atomic mass is 16.7. The zero-order valence-corrected chi connectivity index (χ0v) is 12.4. The Morgan fingerprint density at radius 3 is 2.65 bits per heavy atom. The van der Waals surface area contributed by atoms with E-state index in [2.05, 4.69) is 5.32 Å². The van der Waals surface area contributed by atoms with Crippen molar-refractivity contribution in [2.75, 3.05) is 12.1 Å². The molecule has 1 aliphatic heterocycles. The maximum atomic E-state index is 12.2. The van der Waals surface area contributed by atoms with Gasteiger partial charge in [0.2, 0.25) is 18.6 Å². The highest BCUT2D eigenvalue weighted by Gasteiger charge is 2.15. The van der Waals surface area contributed by atoms with Crippen LogP contribution >= 0.6 is 0 Å². The Hall–Kier alpha value is -3.02. The van der Waals surface area contributed by atoms with Gasteiger partial charge >= 0.3 is 0 Å². The van der Waals surface area contributed by atoms with E-state index in [1.807, 2.05) is 6.07 Å². The van der Waals surface area contributed by atoms with Gasteiger partial charge in [-0.1, -0.05) is 24.3 Å². The molecule has 3 rings (SSSR count). The van der Waals surface area contributed by atoms with Gasteiger partial charge in [0.25, 0.3) is 0 Å². The van der Waals surface area contributed by atoms with E-state index in [1.165, 1.54) is 0 Å². The molecular formula is C17H16N2O4. The first-order valence-electron chi connectivity index (χ1n) is 7.16. The van der Waals surface area contributed by atoms with E-state index in [0.717, 1.165) is 5.56 Å². The minimum Gasteiger partial charge on any atom is -0.454 e. The van der Waals surface area contributed by atoms with Crippen LogP contribution in [0.2, 0.25) is 0 Å². The summed E-state index contributed by atoms with van der Waals surface area (Å²) in [5.74, 6) is 0.702. The topological polar surface area (TPSA) is 90.7 Å². The number of carbonyl (C=O) groups is 2. The molecule has 0 unspecified atom stereocenters. The molecule has 3 N–H and O–H groups in total. The molecule has 23 heavy (non-hydrogen) atoms. The van der Waals surface area contributed by atoms with E-state index in [-0.39, 0.29) is 25.5 Å². The number of fused-ring (bicyclic) bond motifs is 1. The Morgan fingerprint density at radius 2 is 1.83 bits per heavy atom. The van der Waals surface area contributed by atoms with Gasteiger partial charge in [0, 0.05) is 5.69 Å². The van der Waals surface area contributed by atoms with Gasteiger partial charge in [-0.05, 0) is 29.3 Å². The summed E-state index contributed by atoms with van der Waals surface area (Å²) in [5, 5.41) is 2.81. The Labute approximate surface area is 133 Å². The van der Waals surface area contributed by atoms with Crippen molar-refractivity contribution in [3.8, 4) is 11.5 Å². The van der Waals surface area contributed by atoms with Crippen LogP contribution in [0.1, 0.15) is 11.1 Å². The molecule has 118 valence electrons. The molecule has 0 spiro atoms. The molecule has 0 fully saturated rings. The molecule has 0 atom stereocenters. The van der Waals surface area contributed by atoms with Gasteiger partial charge in [0.05, 0.1) is 12.8 Å². The number of anilines is 1. The van der Waals surface area contributed by atoms with E-state index < -0.39 is 5.91 Å². The monoisotopic (exact) mass is 312 g/mol. The minimum atomic E-state index is -0.442. The van der Waals surface area contributed by atoms with E-state index in [1.54, 1.807) is 36.4 Å². The van der Waals surface area contributed by atoms with E-state index >= 15 is 0 Å². The van der Waals surface area contributed by atoms with Crippen LogP contribution in [0, 0.1) is 0 Å². The van der Waals surface area contributed by atoms with Crippen molar-refractivity contribution >= 4 is 17.5 Å². The molecule has 6 heteroatoms. The largest absolute Gasteiger partial charge is 0.454 e. The maximum Gasteiger partial charge on any atom is 0.231 e. The molecule has 6 nitrogen and oxygen atoms in total. The SMILES string of the molecule is NC(=O)Cc1ccccc1NC(=O)Cc1ccc2c(c1)OCO2. The van der Waals surface area contributed by atoms with Crippen LogP contribution in [0.3, 0.4) is 0 Å². The lowest BCUT2D eigenvalue weighted by molar-refractivity contribution is -0.117. The molecule has 0 aliphatic carbocycles. The summed E-state index contributed by atoms with van der Waals surface area (Å²) in [7, 11) is 0. The van der Waals surface area contributed by atoms with Gasteiger partial charge in [0.15, 0.2) is 11.5 Å². The number of carbonyl (C=O) groups excluding carboxylic acids is 2. The lowest BCUT2D eigenvalue weighted by Gasteiger charge is -2.10. The van der Waals surface area contributed by atoms with Gasteiger partial charge in [0.1, 0.15) is 0 Å². The summed E-state index contributed by atoms with van der Waals surface area (Å²) in [4.78, 5) is 23.3. The molecule has 2 aromatic rings. The highest BCUT2D eigenvalue weighted by molar-refractivity contribution is 5.94. The van der Waals surface area contributed by atoms with Crippen molar-refractivity contribution in [1.29, 1.82) is 0 Å². The van der Waals surface area contributed by atoms with Gasteiger partial charge in [-0.25, -0.2) is 0 Å². The second-order valence-electron chi connectivity index (χ2n) is 5.21. The first kappa shape index (κ1) is 14.9. The Bertz CT molecular complexity index is 758. The molecular weight excluding hydrogens is 296 g/mol. The molecule has 0 radical (unpaired) electrons. The lowest BCUT2D eigenvalue weighted by atomic mass is 10.1. The normalized spacial score (nSPS) is 12.0. The standard InChI is InChI=1S/C17H16N2O4/c18-16(20)9-12-3-1-2-4-13(12)19-17(21)8-11-5-6-14-15(7-11)23-10-22-14/h1-7H,8-10H2,(H2,18,20)(H,19,21). The average Bonchev–Trinajstić information content (AvgIpc) is 2.96. The number of ether oxygens (including phenoxy) is 2. The maximum absolute atomic E-state index is 12.2. The number of hydrogen-bond acceptors (Lipinski definition) is 4. The van der Waals surface area contributed by atoms with Crippen LogP contribution in [-0.4, -0.2) is 18.6 Å². The van der Waals surface area contributed by atoms with E-state index in [0.29, 0.717) is 22.7 Å². The van der Waals surface area contributed by atoms with Crippen molar-refractivity contribution in [3.05, 3.63) is 53.6 Å². The number of rotatable bonds is 5. The number of nitrogens with two attached hydrogens (primary N) is 1. The fraction of sp³-hybridized carbons (Fsp3) is 0.176. The summed E-state index contributed by atoms with van der Waals surface area (Å²) >= 11 is 0. The van der Waals surface area contributed by atoms with Crippen molar-refractivity contribution in [1.82, 2.24) is 0 Å². The fourth-order valence-electron chi connectivity index (χ4n) is 2.41. The molecule has 1 aliphatic rings. The molecule has 0 saturated heterocycles. The first-order valence-corrected chi connectivity index (χ1v) is 7.16. The van der Waals surface area contributed by atoms with Crippen LogP contribution in [0.25, 0.3) is 0 Å². The second kappa shape index (κ2) is 6.39. The predicted molar refractivity (Wildman–Crippen MR) is 84.2 cm³/mol. The van der Waals surface area contributed by atoms with Crippen LogP contribution in [0.4, 0.5) is 5.69 Å². The highest BCUT2D eigenvalue weighted by Crippen LogP contribution is 2.32. The first-order chi connectivity index (χ1) is 11.1. The van der Waals surface area contributed by atoms with Gasteiger partial charge in [-0.2, -0.15) is 0 Å². The Balaban J connectivity index is 1.69. The number of amides is 2. The second-order valence-corrected chi connectivity index (χ2v) is 5.21. The average molecular weight is 312 g/mol. The van der Waals surface area contributed by atoms with E-state index in [9.17, 15) is 9.59 Å². The predicted octanol–water partition coefficient (Wildman–Crippen LogP) is 1.62. The number of primary amides is 1. The third-order valence-electron chi connectivity index (χ3n) is 3.46. The van der Waals surface area contributed by atoms with Crippen molar-refractivity contribution in [3.63, 3.8) is 0 Å². The minimum absolute atomic E-state index is 0.0838. The van der Waals surface area contributed by atoms with Gasteiger partial charge < -0.3 is 20.5 Å². The van der Waals surface area contributed by atoms with Crippen molar-refractivity contribution in [2.45, 2.75) is 12.8 Å². The van der Waals surface area contributed by atoms with Gasteiger partial charge in [-0.3, -0.25) is 9.59 Å². The molecule has 1 heterocycles.